The predicted molar refractivity (Wildman–Crippen MR) is 86.0 cm³/mol. The monoisotopic (exact) mass is 340 g/mol. The first kappa shape index (κ1) is 18.0. The molecule has 0 saturated carbocycles. The molecule has 24 heavy (non-hydrogen) atoms. The van der Waals surface area contributed by atoms with Crippen LogP contribution < -0.4 is 10.2 Å². The molecule has 0 amide bonds. The van der Waals surface area contributed by atoms with Gasteiger partial charge < -0.3 is 15.3 Å². The first-order valence-corrected chi connectivity index (χ1v) is 7.35. The summed E-state index contributed by atoms with van der Waals surface area (Å²) in [7, 11) is 3.19. The van der Waals surface area contributed by atoms with Crippen molar-refractivity contribution in [3.63, 3.8) is 0 Å². The largest absolute Gasteiger partial charge is 0.433 e. The van der Waals surface area contributed by atoms with Gasteiger partial charge in [-0.15, -0.1) is 0 Å². The molecule has 1 aromatic carbocycles. The lowest BCUT2D eigenvalue weighted by atomic mass is 10.1. The molecule has 0 aliphatic carbocycles. The zero-order valence-electron chi connectivity index (χ0n) is 13.4. The second kappa shape index (κ2) is 7.48. The van der Waals surface area contributed by atoms with Crippen molar-refractivity contribution >= 4 is 11.8 Å². The van der Waals surface area contributed by atoms with Gasteiger partial charge in [-0.3, -0.25) is 0 Å². The molecule has 0 fully saturated rings. The van der Waals surface area contributed by atoms with Gasteiger partial charge >= 0.3 is 6.18 Å². The van der Waals surface area contributed by atoms with Crippen LogP contribution in [0.4, 0.5) is 24.9 Å². The summed E-state index contributed by atoms with van der Waals surface area (Å²) < 4.78 is 38.7. The van der Waals surface area contributed by atoms with Crippen LogP contribution in [0.25, 0.3) is 0 Å². The number of hydrogen-bond donors (Lipinski definition) is 2. The lowest BCUT2D eigenvalue weighted by Gasteiger charge is -2.17. The molecule has 1 aromatic heterocycles. The van der Waals surface area contributed by atoms with E-state index in [1.165, 1.54) is 4.90 Å². The van der Waals surface area contributed by atoms with Crippen molar-refractivity contribution in [3.8, 4) is 0 Å². The van der Waals surface area contributed by atoms with Crippen LogP contribution in [-0.2, 0) is 12.6 Å². The first-order chi connectivity index (χ1) is 11.3. The van der Waals surface area contributed by atoms with Crippen LogP contribution in [0.1, 0.15) is 11.3 Å². The van der Waals surface area contributed by atoms with Gasteiger partial charge in [-0.1, -0.05) is 30.3 Å². The first-order valence-electron chi connectivity index (χ1n) is 7.35. The van der Waals surface area contributed by atoms with Crippen molar-refractivity contribution in [2.24, 2.45) is 0 Å². The van der Waals surface area contributed by atoms with Crippen molar-refractivity contribution in [2.45, 2.75) is 18.7 Å². The highest BCUT2D eigenvalue weighted by atomic mass is 19.4. The third kappa shape index (κ3) is 5.09. The number of rotatable bonds is 6. The highest BCUT2D eigenvalue weighted by Crippen LogP contribution is 2.30. The Balaban J connectivity index is 2.07. The molecule has 0 bridgehead atoms. The summed E-state index contributed by atoms with van der Waals surface area (Å²) in [5.74, 6) is -0.0296. The quantitative estimate of drug-likeness (QED) is 0.846. The number of hydrogen-bond acceptors (Lipinski definition) is 5. The number of alkyl halides is 3. The molecule has 130 valence electrons. The number of nitrogens with zero attached hydrogens (tertiary/aromatic N) is 3. The Morgan fingerprint density at radius 1 is 1.17 bits per heavy atom. The van der Waals surface area contributed by atoms with E-state index in [0.717, 1.165) is 11.6 Å². The van der Waals surface area contributed by atoms with Crippen LogP contribution in [0, 0.1) is 0 Å². The molecule has 2 N–H and O–H groups in total. The molecule has 0 saturated heterocycles. The number of nitrogens with one attached hydrogen (secondary N) is 1. The van der Waals surface area contributed by atoms with Crippen LogP contribution in [0.15, 0.2) is 36.4 Å². The number of halogens is 3. The summed E-state index contributed by atoms with van der Waals surface area (Å²) in [6.45, 7) is 0.0447. The van der Waals surface area contributed by atoms with E-state index < -0.39 is 18.0 Å². The maximum atomic E-state index is 12.9. The topological polar surface area (TPSA) is 61.3 Å². The number of aliphatic hydroxyl groups is 1. The van der Waals surface area contributed by atoms with Crippen LogP contribution >= 0.6 is 0 Å². The van der Waals surface area contributed by atoms with Gasteiger partial charge in [0.15, 0.2) is 5.69 Å². The van der Waals surface area contributed by atoms with Crippen LogP contribution in [0.2, 0.25) is 0 Å². The van der Waals surface area contributed by atoms with Crippen LogP contribution in [0.3, 0.4) is 0 Å². The zero-order chi connectivity index (χ0) is 17.7. The summed E-state index contributed by atoms with van der Waals surface area (Å²) in [5.41, 5.74) is -0.0907. The molecule has 2 rings (SSSR count). The fraction of sp³-hybridized carbons (Fsp3) is 0.375. The van der Waals surface area contributed by atoms with Gasteiger partial charge in [0.1, 0.15) is 5.82 Å². The van der Waals surface area contributed by atoms with E-state index >= 15 is 0 Å². The van der Waals surface area contributed by atoms with Gasteiger partial charge in [0.2, 0.25) is 5.95 Å². The van der Waals surface area contributed by atoms with Gasteiger partial charge in [-0.25, -0.2) is 4.98 Å². The molecule has 0 aliphatic heterocycles. The van der Waals surface area contributed by atoms with Crippen molar-refractivity contribution < 1.29 is 18.3 Å². The Morgan fingerprint density at radius 3 is 2.42 bits per heavy atom. The summed E-state index contributed by atoms with van der Waals surface area (Å²) in [4.78, 5) is 8.96. The molecule has 0 aliphatic rings. The average Bonchev–Trinajstić information content (AvgIpc) is 2.53. The lowest BCUT2D eigenvalue weighted by molar-refractivity contribution is -0.141. The predicted octanol–water partition coefficient (Wildman–Crippen LogP) is 2.58. The van der Waals surface area contributed by atoms with E-state index in [-0.39, 0.29) is 18.3 Å². The van der Waals surface area contributed by atoms with Crippen molar-refractivity contribution in [1.29, 1.82) is 0 Å². The molecule has 1 atom stereocenters. The van der Waals surface area contributed by atoms with Gasteiger partial charge in [0.25, 0.3) is 0 Å². The Labute approximate surface area is 138 Å². The second-order valence-electron chi connectivity index (χ2n) is 5.55. The Morgan fingerprint density at radius 2 is 1.83 bits per heavy atom. The lowest BCUT2D eigenvalue weighted by Crippen LogP contribution is -2.24. The third-order valence-electron chi connectivity index (χ3n) is 3.27. The minimum atomic E-state index is -4.56. The minimum Gasteiger partial charge on any atom is -0.391 e. The fourth-order valence-corrected chi connectivity index (χ4v) is 2.06. The van der Waals surface area contributed by atoms with E-state index in [1.54, 1.807) is 14.1 Å². The summed E-state index contributed by atoms with van der Waals surface area (Å²) in [5, 5.41) is 12.7. The zero-order valence-corrected chi connectivity index (χ0v) is 13.4. The van der Waals surface area contributed by atoms with E-state index in [2.05, 4.69) is 15.3 Å². The molecule has 0 spiro atoms. The third-order valence-corrected chi connectivity index (χ3v) is 3.27. The molecular formula is C16H19F3N4O. The molecule has 1 heterocycles. The maximum absolute atomic E-state index is 12.9. The fourth-order valence-electron chi connectivity index (χ4n) is 2.06. The standard InChI is InChI=1S/C16H19F3N4O/c1-23(2)14-9-13(16(17,18)19)21-15(22-14)20-10-12(24)8-11-6-4-3-5-7-11/h3-7,9,12,24H,8,10H2,1-2H3,(H,20,21,22). The van der Waals surface area contributed by atoms with E-state index in [4.69, 9.17) is 0 Å². The Hall–Kier alpha value is -2.35. The molecule has 0 radical (unpaired) electrons. The molecule has 8 heteroatoms. The van der Waals surface area contributed by atoms with Gasteiger partial charge in [-0.05, 0) is 5.56 Å². The molecule has 2 aromatic rings. The highest BCUT2D eigenvalue weighted by molar-refractivity contribution is 5.44. The Kier molecular flexibility index (Phi) is 5.61. The molecular weight excluding hydrogens is 321 g/mol. The Bertz CT molecular complexity index is 662. The number of anilines is 2. The molecule has 5 nitrogen and oxygen atoms in total. The number of aliphatic hydroxyl groups excluding tert-OH is 1. The highest BCUT2D eigenvalue weighted by Gasteiger charge is 2.34. The average molecular weight is 340 g/mol. The van der Waals surface area contributed by atoms with E-state index in [1.807, 2.05) is 30.3 Å². The summed E-state index contributed by atoms with van der Waals surface area (Å²) in [6.07, 6.45) is -4.95. The van der Waals surface area contributed by atoms with Crippen molar-refractivity contribution in [1.82, 2.24) is 9.97 Å². The summed E-state index contributed by atoms with van der Waals surface area (Å²) in [6, 6.07) is 10.2. The van der Waals surface area contributed by atoms with Gasteiger partial charge in [-0.2, -0.15) is 18.2 Å². The molecule has 1 unspecified atom stereocenters. The van der Waals surface area contributed by atoms with Crippen molar-refractivity contribution in [3.05, 3.63) is 47.7 Å². The normalized spacial score (nSPS) is 12.8. The van der Waals surface area contributed by atoms with Crippen LogP contribution in [0.5, 0.6) is 0 Å². The SMILES string of the molecule is CN(C)c1cc(C(F)(F)F)nc(NCC(O)Cc2ccccc2)n1. The number of benzene rings is 1. The minimum absolute atomic E-state index is 0.0447. The van der Waals surface area contributed by atoms with E-state index in [9.17, 15) is 18.3 Å². The number of aromatic nitrogens is 2. The maximum Gasteiger partial charge on any atom is 0.433 e. The summed E-state index contributed by atoms with van der Waals surface area (Å²) >= 11 is 0. The van der Waals surface area contributed by atoms with Gasteiger partial charge in [0.05, 0.1) is 6.10 Å². The van der Waals surface area contributed by atoms with Gasteiger partial charge in [0, 0.05) is 33.1 Å². The smallest absolute Gasteiger partial charge is 0.391 e. The second-order valence-corrected chi connectivity index (χ2v) is 5.55. The van der Waals surface area contributed by atoms with Crippen LogP contribution in [-0.4, -0.2) is 41.8 Å². The van der Waals surface area contributed by atoms with Crippen molar-refractivity contribution in [2.75, 3.05) is 30.9 Å². The van der Waals surface area contributed by atoms with E-state index in [0.29, 0.717) is 6.42 Å².